The number of rotatable bonds is 0. The standard InChI is InChI=1S/C12H9NS/c1-2-4-12-10(3-1)11-8-13-7-9(11)5-6-14-12/h1-8,13H. The molecule has 1 aromatic heterocycles. The first-order chi connectivity index (χ1) is 6.95. The molecule has 0 fully saturated rings. The van der Waals surface area contributed by atoms with Crippen molar-refractivity contribution in [1.82, 2.24) is 4.98 Å². The zero-order chi connectivity index (χ0) is 9.38. The van der Waals surface area contributed by atoms with Gasteiger partial charge in [-0.05, 0) is 23.1 Å². The van der Waals surface area contributed by atoms with E-state index >= 15 is 0 Å². The first-order valence-corrected chi connectivity index (χ1v) is 5.42. The minimum absolute atomic E-state index is 1.27. The van der Waals surface area contributed by atoms with Gasteiger partial charge in [-0.25, -0.2) is 0 Å². The van der Waals surface area contributed by atoms with Gasteiger partial charge in [-0.15, -0.1) is 0 Å². The lowest BCUT2D eigenvalue weighted by atomic mass is 10.1. The molecule has 3 rings (SSSR count). The Balaban J connectivity index is 2.33. The van der Waals surface area contributed by atoms with Gasteiger partial charge in [0.15, 0.2) is 0 Å². The summed E-state index contributed by atoms with van der Waals surface area (Å²) >= 11 is 1.78. The van der Waals surface area contributed by atoms with Gasteiger partial charge in [-0.2, -0.15) is 0 Å². The fraction of sp³-hybridized carbons (Fsp3) is 0. The van der Waals surface area contributed by atoms with Crippen LogP contribution in [0.25, 0.3) is 17.2 Å². The molecular weight excluding hydrogens is 190 g/mol. The van der Waals surface area contributed by atoms with Gasteiger partial charge in [-0.3, -0.25) is 0 Å². The zero-order valence-corrected chi connectivity index (χ0v) is 8.34. The zero-order valence-electron chi connectivity index (χ0n) is 7.53. The summed E-state index contributed by atoms with van der Waals surface area (Å²) in [6.45, 7) is 0. The summed E-state index contributed by atoms with van der Waals surface area (Å²) in [4.78, 5) is 4.47. The van der Waals surface area contributed by atoms with Crippen LogP contribution >= 0.6 is 11.8 Å². The maximum atomic E-state index is 3.15. The molecule has 0 bridgehead atoms. The van der Waals surface area contributed by atoms with Crippen molar-refractivity contribution in [1.29, 1.82) is 0 Å². The van der Waals surface area contributed by atoms with Crippen molar-refractivity contribution in [2.75, 3.05) is 0 Å². The van der Waals surface area contributed by atoms with Crippen LogP contribution in [-0.4, -0.2) is 4.98 Å². The molecular formula is C12H9NS. The third-order valence-corrected chi connectivity index (χ3v) is 3.28. The summed E-state index contributed by atoms with van der Waals surface area (Å²) < 4.78 is 0. The maximum absolute atomic E-state index is 3.15. The molecule has 1 aromatic carbocycles. The van der Waals surface area contributed by atoms with E-state index in [1.807, 2.05) is 6.20 Å². The van der Waals surface area contributed by atoms with E-state index in [0.29, 0.717) is 0 Å². The third-order valence-electron chi connectivity index (χ3n) is 2.40. The van der Waals surface area contributed by atoms with Crippen LogP contribution in [0.15, 0.2) is 47.0 Å². The highest BCUT2D eigenvalue weighted by atomic mass is 32.2. The second-order valence-electron chi connectivity index (χ2n) is 3.24. The minimum atomic E-state index is 1.27. The van der Waals surface area contributed by atoms with E-state index < -0.39 is 0 Å². The van der Waals surface area contributed by atoms with Crippen LogP contribution in [0, 0.1) is 0 Å². The fourth-order valence-electron chi connectivity index (χ4n) is 1.72. The Bertz CT molecular complexity index is 497. The molecule has 0 amide bonds. The van der Waals surface area contributed by atoms with Crippen molar-refractivity contribution in [3.63, 3.8) is 0 Å². The molecule has 0 spiro atoms. The summed E-state index contributed by atoms with van der Waals surface area (Å²) in [6, 6.07) is 8.49. The number of hydrogen-bond donors (Lipinski definition) is 1. The van der Waals surface area contributed by atoms with Crippen LogP contribution in [0.4, 0.5) is 0 Å². The van der Waals surface area contributed by atoms with Crippen LogP contribution in [0.1, 0.15) is 5.56 Å². The lowest BCUT2D eigenvalue weighted by molar-refractivity contribution is 1.40. The normalized spacial score (nSPS) is 13.1. The Morgan fingerprint density at radius 2 is 1.93 bits per heavy atom. The lowest BCUT2D eigenvalue weighted by Crippen LogP contribution is -1.78. The third kappa shape index (κ3) is 1.11. The molecule has 0 saturated heterocycles. The Morgan fingerprint density at radius 1 is 1.00 bits per heavy atom. The van der Waals surface area contributed by atoms with Gasteiger partial charge in [0.2, 0.25) is 0 Å². The highest BCUT2D eigenvalue weighted by molar-refractivity contribution is 8.02. The Labute approximate surface area is 86.9 Å². The molecule has 0 radical (unpaired) electrons. The van der Waals surface area contributed by atoms with E-state index in [1.54, 1.807) is 11.8 Å². The first kappa shape index (κ1) is 7.94. The van der Waals surface area contributed by atoms with E-state index in [2.05, 4.69) is 46.9 Å². The molecule has 2 heterocycles. The molecule has 14 heavy (non-hydrogen) atoms. The number of H-pyrrole nitrogens is 1. The molecule has 0 aliphatic carbocycles. The van der Waals surface area contributed by atoms with Gasteiger partial charge in [0.25, 0.3) is 0 Å². The van der Waals surface area contributed by atoms with Gasteiger partial charge in [-0.1, -0.05) is 30.0 Å². The summed E-state index contributed by atoms with van der Waals surface area (Å²) in [5.41, 5.74) is 3.88. The predicted molar refractivity (Wildman–Crippen MR) is 61.1 cm³/mol. The van der Waals surface area contributed by atoms with E-state index in [1.165, 1.54) is 21.6 Å². The van der Waals surface area contributed by atoms with Gasteiger partial charge in [0.05, 0.1) is 0 Å². The molecule has 2 aromatic rings. The van der Waals surface area contributed by atoms with Crippen molar-refractivity contribution in [2.45, 2.75) is 4.90 Å². The van der Waals surface area contributed by atoms with Crippen molar-refractivity contribution >= 4 is 17.8 Å². The number of nitrogens with one attached hydrogen (secondary N) is 1. The van der Waals surface area contributed by atoms with Crippen molar-refractivity contribution in [3.05, 3.63) is 47.6 Å². The average molecular weight is 199 g/mol. The van der Waals surface area contributed by atoms with Gasteiger partial charge >= 0.3 is 0 Å². The number of fused-ring (bicyclic) bond motifs is 3. The van der Waals surface area contributed by atoms with Crippen LogP contribution in [-0.2, 0) is 0 Å². The Hall–Kier alpha value is -1.41. The van der Waals surface area contributed by atoms with Crippen LogP contribution in [0.2, 0.25) is 0 Å². The predicted octanol–water partition coefficient (Wildman–Crippen LogP) is 3.76. The largest absolute Gasteiger partial charge is 0.366 e. The molecule has 1 aliphatic heterocycles. The number of benzene rings is 1. The summed E-state index contributed by atoms with van der Waals surface area (Å²) in [5, 5.41) is 2.14. The van der Waals surface area contributed by atoms with Crippen molar-refractivity contribution < 1.29 is 0 Å². The molecule has 2 heteroatoms. The number of hydrogen-bond acceptors (Lipinski definition) is 1. The highest BCUT2D eigenvalue weighted by Crippen LogP contribution is 2.37. The average Bonchev–Trinajstić information content (AvgIpc) is 2.61. The Morgan fingerprint density at radius 3 is 2.93 bits per heavy atom. The van der Waals surface area contributed by atoms with Gasteiger partial charge in [0, 0.05) is 28.4 Å². The van der Waals surface area contributed by atoms with E-state index in [4.69, 9.17) is 0 Å². The molecule has 0 unspecified atom stereocenters. The minimum Gasteiger partial charge on any atom is -0.366 e. The van der Waals surface area contributed by atoms with Crippen LogP contribution < -0.4 is 0 Å². The molecule has 1 N–H and O–H groups in total. The summed E-state index contributed by atoms with van der Waals surface area (Å²) in [6.07, 6.45) is 6.25. The highest BCUT2D eigenvalue weighted by Gasteiger charge is 2.10. The van der Waals surface area contributed by atoms with Gasteiger partial charge in [0.1, 0.15) is 0 Å². The Kier molecular flexibility index (Phi) is 1.74. The first-order valence-electron chi connectivity index (χ1n) is 4.54. The molecule has 0 saturated carbocycles. The van der Waals surface area contributed by atoms with E-state index in [0.717, 1.165) is 0 Å². The van der Waals surface area contributed by atoms with Crippen LogP contribution in [0.5, 0.6) is 0 Å². The summed E-state index contributed by atoms with van der Waals surface area (Å²) in [7, 11) is 0. The maximum Gasteiger partial charge on any atom is 0.0195 e. The fourth-order valence-corrected chi connectivity index (χ4v) is 2.54. The smallest absolute Gasteiger partial charge is 0.0195 e. The van der Waals surface area contributed by atoms with E-state index in [9.17, 15) is 0 Å². The van der Waals surface area contributed by atoms with Crippen molar-refractivity contribution in [3.8, 4) is 11.1 Å². The molecule has 1 aliphatic rings. The topological polar surface area (TPSA) is 15.8 Å². The van der Waals surface area contributed by atoms with Crippen molar-refractivity contribution in [2.24, 2.45) is 0 Å². The number of aromatic nitrogens is 1. The van der Waals surface area contributed by atoms with Crippen LogP contribution in [0.3, 0.4) is 0 Å². The lowest BCUT2D eigenvalue weighted by Gasteiger charge is -2.03. The van der Waals surface area contributed by atoms with E-state index in [-0.39, 0.29) is 0 Å². The molecule has 0 atom stereocenters. The summed E-state index contributed by atoms with van der Waals surface area (Å²) in [5.74, 6) is 0. The molecule has 1 nitrogen and oxygen atoms in total. The molecule has 68 valence electrons. The number of thioether (sulfide) groups is 1. The quantitative estimate of drug-likeness (QED) is 0.683. The SMILES string of the molecule is C1=Cc2c[nH]cc2-c2ccccc2S1. The monoisotopic (exact) mass is 199 g/mol. The second-order valence-corrected chi connectivity index (χ2v) is 4.19. The number of aromatic amines is 1. The second kappa shape index (κ2) is 3.07. The van der Waals surface area contributed by atoms with Gasteiger partial charge < -0.3 is 4.98 Å².